The van der Waals surface area contributed by atoms with Gasteiger partial charge in [-0.2, -0.15) is 0 Å². The van der Waals surface area contributed by atoms with Gasteiger partial charge in [-0.05, 0) is 36.7 Å². The molecule has 1 rings (SSSR count). The van der Waals surface area contributed by atoms with Crippen LogP contribution in [0.2, 0.25) is 0 Å². The van der Waals surface area contributed by atoms with Crippen LogP contribution in [0, 0.1) is 18.8 Å². The molecule has 0 heterocycles. The van der Waals surface area contributed by atoms with Gasteiger partial charge in [0.15, 0.2) is 0 Å². The number of benzene rings is 1. The number of hydrogen-bond acceptors (Lipinski definition) is 2. The van der Waals surface area contributed by atoms with Gasteiger partial charge in [-0.3, -0.25) is 0 Å². The Morgan fingerprint density at radius 1 is 1.16 bits per heavy atom. The molecule has 2 nitrogen and oxygen atoms in total. The second-order valence-electron chi connectivity index (χ2n) is 6.22. The summed E-state index contributed by atoms with van der Waals surface area (Å²) < 4.78 is 0. The summed E-state index contributed by atoms with van der Waals surface area (Å²) in [5.41, 5.74) is 8.13. The second-order valence-corrected chi connectivity index (χ2v) is 6.22. The van der Waals surface area contributed by atoms with Crippen LogP contribution in [0.15, 0.2) is 24.3 Å². The maximum Gasteiger partial charge on any atom is 0.140 e. The number of aldehydes is 1. The third-order valence-corrected chi connectivity index (χ3v) is 4.41. The predicted octanol–water partition coefficient (Wildman–Crippen LogP) is 3.68. The highest BCUT2D eigenvalue weighted by Crippen LogP contribution is 2.31. The fraction of sp³-hybridized carbons (Fsp3) is 0.588. The fourth-order valence-corrected chi connectivity index (χ4v) is 2.59. The molecule has 106 valence electrons. The van der Waals surface area contributed by atoms with Gasteiger partial charge in [-0.25, -0.2) is 0 Å². The smallest absolute Gasteiger partial charge is 0.140 e. The van der Waals surface area contributed by atoms with Crippen LogP contribution in [-0.2, 0) is 4.79 Å². The standard InChI is InChI=1S/C17H27NO/c1-12(2)17(18,11-19)15(5)10-14(4)16-8-6-13(3)7-9-16/h6-9,11-12,14-15H,10,18H2,1-5H3. The minimum Gasteiger partial charge on any atom is -0.319 e. The van der Waals surface area contributed by atoms with Crippen LogP contribution in [0.25, 0.3) is 0 Å². The summed E-state index contributed by atoms with van der Waals surface area (Å²) in [6.45, 7) is 10.4. The molecule has 0 fully saturated rings. The molecule has 2 heteroatoms. The summed E-state index contributed by atoms with van der Waals surface area (Å²) in [7, 11) is 0. The Labute approximate surface area is 117 Å². The summed E-state index contributed by atoms with van der Waals surface area (Å²) in [6.07, 6.45) is 1.86. The third-order valence-electron chi connectivity index (χ3n) is 4.41. The number of hydrogen-bond donors (Lipinski definition) is 1. The summed E-state index contributed by atoms with van der Waals surface area (Å²) in [5.74, 6) is 0.740. The van der Waals surface area contributed by atoms with Crippen molar-refractivity contribution in [3.8, 4) is 0 Å². The van der Waals surface area contributed by atoms with Crippen LogP contribution < -0.4 is 5.73 Å². The largest absolute Gasteiger partial charge is 0.319 e. The molecule has 3 unspecified atom stereocenters. The van der Waals surface area contributed by atoms with E-state index in [0.29, 0.717) is 5.92 Å². The first-order valence-electron chi connectivity index (χ1n) is 7.13. The Morgan fingerprint density at radius 2 is 1.68 bits per heavy atom. The molecule has 1 aromatic rings. The third kappa shape index (κ3) is 3.66. The lowest BCUT2D eigenvalue weighted by Crippen LogP contribution is -2.52. The van der Waals surface area contributed by atoms with Crippen LogP contribution in [-0.4, -0.2) is 11.8 Å². The number of carbonyl (C=O) groups is 1. The lowest BCUT2D eigenvalue weighted by Gasteiger charge is -2.35. The fourth-order valence-electron chi connectivity index (χ4n) is 2.59. The van der Waals surface area contributed by atoms with Crippen molar-refractivity contribution in [1.29, 1.82) is 0 Å². The molecule has 0 aliphatic carbocycles. The average molecular weight is 261 g/mol. The molecule has 3 atom stereocenters. The predicted molar refractivity (Wildman–Crippen MR) is 81.2 cm³/mol. The van der Waals surface area contributed by atoms with E-state index in [1.165, 1.54) is 11.1 Å². The zero-order valence-electron chi connectivity index (χ0n) is 12.8. The molecule has 0 radical (unpaired) electrons. The normalized spacial score (nSPS) is 17.8. The molecule has 1 aromatic carbocycles. The highest BCUT2D eigenvalue weighted by atomic mass is 16.1. The van der Waals surface area contributed by atoms with E-state index in [1.54, 1.807) is 0 Å². The Kier molecular flexibility index (Phi) is 5.30. The van der Waals surface area contributed by atoms with Gasteiger partial charge < -0.3 is 10.5 Å². The lowest BCUT2D eigenvalue weighted by atomic mass is 9.73. The van der Waals surface area contributed by atoms with Gasteiger partial charge in [0.1, 0.15) is 6.29 Å². The van der Waals surface area contributed by atoms with Gasteiger partial charge in [0.25, 0.3) is 0 Å². The molecule has 0 aliphatic rings. The first kappa shape index (κ1) is 15.9. The Bertz CT molecular complexity index is 410. The maximum atomic E-state index is 11.3. The van der Waals surface area contributed by atoms with Crippen molar-refractivity contribution in [2.45, 2.75) is 52.5 Å². The highest BCUT2D eigenvalue weighted by molar-refractivity contribution is 5.64. The van der Waals surface area contributed by atoms with Gasteiger partial charge in [0, 0.05) is 0 Å². The van der Waals surface area contributed by atoms with Crippen LogP contribution >= 0.6 is 0 Å². The topological polar surface area (TPSA) is 43.1 Å². The van der Waals surface area contributed by atoms with E-state index in [0.717, 1.165) is 12.7 Å². The van der Waals surface area contributed by atoms with Gasteiger partial charge in [0.05, 0.1) is 5.54 Å². The number of aryl methyl sites for hydroxylation is 1. The summed E-state index contributed by atoms with van der Waals surface area (Å²) >= 11 is 0. The highest BCUT2D eigenvalue weighted by Gasteiger charge is 2.35. The monoisotopic (exact) mass is 261 g/mol. The van der Waals surface area contributed by atoms with Crippen molar-refractivity contribution < 1.29 is 4.79 Å². The summed E-state index contributed by atoms with van der Waals surface area (Å²) in [5, 5.41) is 0. The number of nitrogens with two attached hydrogens (primary N) is 1. The average Bonchev–Trinajstić information content (AvgIpc) is 2.37. The van der Waals surface area contributed by atoms with E-state index >= 15 is 0 Å². The molecule has 0 spiro atoms. The van der Waals surface area contributed by atoms with Gasteiger partial charge in [0.2, 0.25) is 0 Å². The van der Waals surface area contributed by atoms with Crippen molar-refractivity contribution in [1.82, 2.24) is 0 Å². The number of carbonyl (C=O) groups excluding carboxylic acids is 1. The van der Waals surface area contributed by atoms with Gasteiger partial charge in [-0.1, -0.05) is 57.5 Å². The van der Waals surface area contributed by atoms with Crippen molar-refractivity contribution >= 4 is 6.29 Å². The molecule has 0 saturated heterocycles. The van der Waals surface area contributed by atoms with Crippen molar-refractivity contribution in [2.24, 2.45) is 17.6 Å². The van der Waals surface area contributed by atoms with Crippen LogP contribution in [0.3, 0.4) is 0 Å². The van der Waals surface area contributed by atoms with Crippen LogP contribution in [0.4, 0.5) is 0 Å². The van der Waals surface area contributed by atoms with Crippen LogP contribution in [0.1, 0.15) is 51.2 Å². The van der Waals surface area contributed by atoms with Crippen LogP contribution in [0.5, 0.6) is 0 Å². The van der Waals surface area contributed by atoms with E-state index < -0.39 is 5.54 Å². The van der Waals surface area contributed by atoms with E-state index in [2.05, 4.69) is 45.0 Å². The minimum atomic E-state index is -0.723. The Hall–Kier alpha value is -1.15. The molecule has 2 N–H and O–H groups in total. The molecule has 0 saturated carbocycles. The number of rotatable bonds is 6. The van der Waals surface area contributed by atoms with E-state index in [9.17, 15) is 4.79 Å². The zero-order valence-corrected chi connectivity index (χ0v) is 12.8. The Balaban J connectivity index is 2.78. The Morgan fingerprint density at radius 3 is 2.11 bits per heavy atom. The minimum absolute atomic E-state index is 0.158. The SMILES string of the molecule is Cc1ccc(C(C)CC(C)C(N)(C=O)C(C)C)cc1. The summed E-state index contributed by atoms with van der Waals surface area (Å²) in [4.78, 5) is 11.3. The second kappa shape index (κ2) is 6.33. The van der Waals surface area contributed by atoms with Gasteiger partial charge in [-0.15, -0.1) is 0 Å². The van der Waals surface area contributed by atoms with E-state index in [4.69, 9.17) is 5.73 Å². The zero-order chi connectivity index (χ0) is 14.6. The van der Waals surface area contributed by atoms with Crippen molar-refractivity contribution in [2.75, 3.05) is 0 Å². The quantitative estimate of drug-likeness (QED) is 0.794. The molecular formula is C17H27NO. The maximum absolute atomic E-state index is 11.3. The summed E-state index contributed by atoms with van der Waals surface area (Å²) in [6, 6.07) is 8.60. The molecule has 0 aromatic heterocycles. The van der Waals surface area contributed by atoms with Crippen molar-refractivity contribution in [3.05, 3.63) is 35.4 Å². The van der Waals surface area contributed by atoms with Crippen molar-refractivity contribution in [3.63, 3.8) is 0 Å². The first-order chi connectivity index (χ1) is 8.81. The molecule has 0 amide bonds. The first-order valence-corrected chi connectivity index (χ1v) is 7.13. The molecule has 0 aliphatic heterocycles. The molecular weight excluding hydrogens is 234 g/mol. The molecule has 19 heavy (non-hydrogen) atoms. The van der Waals surface area contributed by atoms with E-state index in [-0.39, 0.29) is 11.8 Å². The lowest BCUT2D eigenvalue weighted by molar-refractivity contribution is -0.115. The van der Waals surface area contributed by atoms with Gasteiger partial charge >= 0.3 is 0 Å². The van der Waals surface area contributed by atoms with E-state index in [1.807, 2.05) is 13.8 Å². The molecule has 0 bridgehead atoms.